The first-order valence-corrected chi connectivity index (χ1v) is 8.75. The van der Waals surface area contributed by atoms with Gasteiger partial charge in [-0.05, 0) is 61.2 Å². The number of carbonyl (C=O) groups excluding carboxylic acids is 1. The van der Waals surface area contributed by atoms with E-state index in [9.17, 15) is 10.1 Å². The number of amides is 1. The zero-order valence-electron chi connectivity index (χ0n) is 15.1. The predicted molar refractivity (Wildman–Crippen MR) is 105 cm³/mol. The number of ether oxygens (including phenoxy) is 1. The van der Waals surface area contributed by atoms with E-state index in [0.717, 1.165) is 28.9 Å². The predicted octanol–water partition coefficient (Wildman–Crippen LogP) is 5.29. The Morgan fingerprint density at radius 2 is 1.96 bits per heavy atom. The van der Waals surface area contributed by atoms with Crippen molar-refractivity contribution in [2.24, 2.45) is 0 Å². The lowest BCUT2D eigenvalue weighted by molar-refractivity contribution is -0.112. The molecule has 0 unspecified atom stereocenters. The number of aryl methyl sites for hydroxylation is 2. The van der Waals surface area contributed by atoms with Gasteiger partial charge in [-0.2, -0.15) is 5.26 Å². The molecule has 0 aliphatic carbocycles. The summed E-state index contributed by atoms with van der Waals surface area (Å²) in [4.78, 5) is 12.5. The molecule has 0 spiro atoms. The fraction of sp³-hybridized carbons (Fsp3) is 0.238. The van der Waals surface area contributed by atoms with Crippen LogP contribution in [0.4, 0.5) is 5.69 Å². The van der Waals surface area contributed by atoms with Crippen LogP contribution in [0.2, 0.25) is 5.02 Å². The number of nitrogens with one attached hydrogen (secondary N) is 1. The fourth-order valence-corrected chi connectivity index (χ4v) is 2.82. The topological polar surface area (TPSA) is 62.1 Å². The Balaban J connectivity index is 2.18. The first kappa shape index (κ1) is 19.6. The van der Waals surface area contributed by atoms with E-state index in [1.54, 1.807) is 18.2 Å². The molecule has 2 aromatic rings. The lowest BCUT2D eigenvalue weighted by Gasteiger charge is -2.11. The van der Waals surface area contributed by atoms with E-state index in [2.05, 4.69) is 5.32 Å². The summed E-state index contributed by atoms with van der Waals surface area (Å²) in [7, 11) is 0. The maximum absolute atomic E-state index is 12.5. The van der Waals surface area contributed by atoms with E-state index in [-0.39, 0.29) is 5.57 Å². The number of anilines is 1. The smallest absolute Gasteiger partial charge is 0.266 e. The molecule has 2 rings (SSSR count). The third kappa shape index (κ3) is 5.11. The molecule has 2 aromatic carbocycles. The maximum Gasteiger partial charge on any atom is 0.266 e. The first-order valence-electron chi connectivity index (χ1n) is 8.37. The number of benzene rings is 2. The maximum atomic E-state index is 12.5. The van der Waals surface area contributed by atoms with Crippen LogP contribution in [0.15, 0.2) is 42.0 Å². The number of halogens is 1. The summed E-state index contributed by atoms with van der Waals surface area (Å²) in [6.45, 7) is 6.48. The highest BCUT2D eigenvalue weighted by Gasteiger charge is 2.13. The van der Waals surface area contributed by atoms with Crippen LogP contribution < -0.4 is 10.1 Å². The molecule has 0 heterocycles. The van der Waals surface area contributed by atoms with Crippen LogP contribution in [0.1, 0.15) is 30.0 Å². The molecule has 0 aromatic heterocycles. The van der Waals surface area contributed by atoms with Gasteiger partial charge in [-0.25, -0.2) is 0 Å². The quantitative estimate of drug-likeness (QED) is 0.556. The van der Waals surface area contributed by atoms with Gasteiger partial charge in [-0.3, -0.25) is 4.79 Å². The average molecular weight is 369 g/mol. The summed E-state index contributed by atoms with van der Waals surface area (Å²) in [5.41, 5.74) is 3.12. The van der Waals surface area contributed by atoms with Crippen LogP contribution in [-0.4, -0.2) is 12.5 Å². The van der Waals surface area contributed by atoms with Gasteiger partial charge >= 0.3 is 0 Å². The number of nitriles is 1. The molecule has 0 saturated carbocycles. The molecule has 26 heavy (non-hydrogen) atoms. The molecule has 0 fully saturated rings. The van der Waals surface area contributed by atoms with Crippen molar-refractivity contribution in [1.82, 2.24) is 0 Å². The molecule has 134 valence electrons. The Morgan fingerprint density at radius 3 is 2.54 bits per heavy atom. The highest BCUT2D eigenvalue weighted by molar-refractivity contribution is 6.34. The SMILES string of the molecule is CCCOc1ccc(/C=C(/C#N)C(=O)Nc2c(C)cc(C)cc2Cl)cc1. The highest BCUT2D eigenvalue weighted by Crippen LogP contribution is 2.28. The van der Waals surface area contributed by atoms with Crippen molar-refractivity contribution in [3.63, 3.8) is 0 Å². The molecule has 0 bridgehead atoms. The minimum absolute atomic E-state index is 0.00303. The third-order valence-electron chi connectivity index (χ3n) is 3.70. The lowest BCUT2D eigenvalue weighted by Crippen LogP contribution is -2.14. The molecule has 1 N–H and O–H groups in total. The first-order chi connectivity index (χ1) is 12.4. The molecule has 1 amide bonds. The van der Waals surface area contributed by atoms with Gasteiger partial charge in [0.15, 0.2) is 0 Å². The van der Waals surface area contributed by atoms with E-state index >= 15 is 0 Å². The molecule has 0 saturated heterocycles. The molecule has 4 nitrogen and oxygen atoms in total. The average Bonchev–Trinajstić information content (AvgIpc) is 2.61. The van der Waals surface area contributed by atoms with Crippen molar-refractivity contribution in [3.05, 3.63) is 63.7 Å². The summed E-state index contributed by atoms with van der Waals surface area (Å²) >= 11 is 6.22. The second kappa shape index (κ2) is 9.07. The monoisotopic (exact) mass is 368 g/mol. The van der Waals surface area contributed by atoms with E-state index < -0.39 is 5.91 Å². The second-order valence-electron chi connectivity index (χ2n) is 5.98. The summed E-state index contributed by atoms with van der Waals surface area (Å²) < 4.78 is 5.52. The molecular weight excluding hydrogens is 348 g/mol. The molecule has 0 radical (unpaired) electrons. The minimum Gasteiger partial charge on any atom is -0.494 e. The largest absolute Gasteiger partial charge is 0.494 e. The van der Waals surface area contributed by atoms with Gasteiger partial charge in [0.2, 0.25) is 0 Å². The lowest BCUT2D eigenvalue weighted by atomic mass is 10.1. The Morgan fingerprint density at radius 1 is 1.27 bits per heavy atom. The van der Waals surface area contributed by atoms with Gasteiger partial charge in [-0.1, -0.05) is 36.7 Å². The van der Waals surface area contributed by atoms with Crippen LogP contribution in [-0.2, 0) is 4.79 Å². The Hall–Kier alpha value is -2.77. The van der Waals surface area contributed by atoms with Crippen molar-refractivity contribution in [1.29, 1.82) is 5.26 Å². The van der Waals surface area contributed by atoms with Gasteiger partial charge in [-0.15, -0.1) is 0 Å². The Bertz CT molecular complexity index is 842. The van der Waals surface area contributed by atoms with Crippen LogP contribution in [0.25, 0.3) is 6.08 Å². The third-order valence-corrected chi connectivity index (χ3v) is 4.00. The van der Waals surface area contributed by atoms with Crippen LogP contribution >= 0.6 is 11.6 Å². The van der Waals surface area contributed by atoms with Crippen molar-refractivity contribution in [2.75, 3.05) is 11.9 Å². The number of nitrogens with zero attached hydrogens (tertiary/aromatic N) is 1. The van der Waals surface area contributed by atoms with Crippen LogP contribution in [0.3, 0.4) is 0 Å². The number of rotatable bonds is 6. The zero-order valence-corrected chi connectivity index (χ0v) is 15.9. The van der Waals surface area contributed by atoms with E-state index in [0.29, 0.717) is 17.3 Å². The van der Waals surface area contributed by atoms with Crippen molar-refractivity contribution < 1.29 is 9.53 Å². The minimum atomic E-state index is -0.493. The second-order valence-corrected chi connectivity index (χ2v) is 6.39. The Kier molecular flexibility index (Phi) is 6.82. The summed E-state index contributed by atoms with van der Waals surface area (Å²) in [5, 5.41) is 12.5. The Labute approximate surface area is 159 Å². The number of hydrogen-bond donors (Lipinski definition) is 1. The fourth-order valence-electron chi connectivity index (χ4n) is 2.45. The van der Waals surface area contributed by atoms with Gasteiger partial charge in [0.25, 0.3) is 5.91 Å². The van der Waals surface area contributed by atoms with Crippen LogP contribution in [0.5, 0.6) is 5.75 Å². The molecule has 5 heteroatoms. The standard InChI is InChI=1S/C21H21ClN2O2/c1-4-9-26-18-7-5-16(6-8-18)12-17(13-23)21(25)24-20-15(3)10-14(2)11-19(20)22/h5-8,10-12H,4,9H2,1-3H3,(H,24,25)/b17-12-. The summed E-state index contributed by atoms with van der Waals surface area (Å²) in [6.07, 6.45) is 2.47. The highest BCUT2D eigenvalue weighted by atomic mass is 35.5. The summed E-state index contributed by atoms with van der Waals surface area (Å²) in [5.74, 6) is 0.265. The van der Waals surface area contributed by atoms with E-state index in [1.807, 2.05) is 45.0 Å². The van der Waals surface area contributed by atoms with Gasteiger partial charge in [0, 0.05) is 0 Å². The van der Waals surface area contributed by atoms with E-state index in [4.69, 9.17) is 16.3 Å². The molecule has 0 aliphatic heterocycles. The number of hydrogen-bond acceptors (Lipinski definition) is 3. The van der Waals surface area contributed by atoms with Crippen molar-refractivity contribution in [3.8, 4) is 11.8 Å². The normalized spacial score (nSPS) is 11.0. The van der Waals surface area contributed by atoms with Gasteiger partial charge < -0.3 is 10.1 Å². The van der Waals surface area contributed by atoms with Crippen LogP contribution in [0, 0.1) is 25.2 Å². The molecule has 0 aliphatic rings. The molecular formula is C21H21ClN2O2. The number of carbonyl (C=O) groups is 1. The van der Waals surface area contributed by atoms with Crippen molar-refractivity contribution >= 4 is 29.3 Å². The van der Waals surface area contributed by atoms with Gasteiger partial charge in [0.05, 0.1) is 17.3 Å². The summed E-state index contributed by atoms with van der Waals surface area (Å²) in [6, 6.07) is 12.9. The van der Waals surface area contributed by atoms with Gasteiger partial charge in [0.1, 0.15) is 17.4 Å². The van der Waals surface area contributed by atoms with Crippen molar-refractivity contribution in [2.45, 2.75) is 27.2 Å². The molecule has 0 atom stereocenters. The zero-order chi connectivity index (χ0) is 19.1. The van der Waals surface area contributed by atoms with E-state index in [1.165, 1.54) is 6.08 Å².